The number of benzene rings is 3. The number of hydrogen-bond donors (Lipinski definition) is 1. The lowest BCUT2D eigenvalue weighted by Gasteiger charge is -2.49. The van der Waals surface area contributed by atoms with E-state index < -0.39 is 23.5 Å². The van der Waals surface area contributed by atoms with E-state index in [0.29, 0.717) is 11.5 Å². The number of carbonyl (C=O) groups is 3. The van der Waals surface area contributed by atoms with E-state index in [2.05, 4.69) is 10.3 Å². The Morgan fingerprint density at radius 1 is 1.00 bits per heavy atom. The molecule has 7 nitrogen and oxygen atoms in total. The Balaban J connectivity index is 1.27. The van der Waals surface area contributed by atoms with Gasteiger partial charge in [0.15, 0.2) is 6.10 Å². The molecule has 3 aromatic carbocycles. The van der Waals surface area contributed by atoms with Gasteiger partial charge in [0.25, 0.3) is 5.91 Å². The molecule has 0 saturated carbocycles. The molecule has 0 bridgehead atoms. The minimum atomic E-state index is -0.710. The largest absolute Gasteiger partial charge is 0.448 e. The summed E-state index contributed by atoms with van der Waals surface area (Å²) in [5.74, 6) is 0.0522. The minimum Gasteiger partial charge on any atom is -0.448 e. The highest BCUT2D eigenvalue weighted by Gasteiger charge is 2.54. The third-order valence-corrected chi connectivity index (χ3v) is 11.0. The summed E-state index contributed by atoms with van der Waals surface area (Å²) >= 11 is 4.65. The van der Waals surface area contributed by atoms with Crippen LogP contribution in [0.15, 0.2) is 107 Å². The zero-order valence-electron chi connectivity index (χ0n) is 23.3. The molecular weight excluding hydrogens is 599 g/mol. The summed E-state index contributed by atoms with van der Waals surface area (Å²) in [6, 6.07) is 27.9. The van der Waals surface area contributed by atoms with Crippen molar-refractivity contribution in [2.24, 2.45) is 0 Å². The molecule has 1 fully saturated rings. The van der Waals surface area contributed by atoms with Gasteiger partial charge in [-0.15, -0.1) is 34.9 Å². The van der Waals surface area contributed by atoms with Crippen molar-refractivity contribution in [2.75, 3.05) is 5.75 Å². The summed E-state index contributed by atoms with van der Waals surface area (Å²) < 4.78 is 6.24. The van der Waals surface area contributed by atoms with Gasteiger partial charge in [-0.2, -0.15) is 0 Å². The van der Waals surface area contributed by atoms with E-state index in [1.54, 1.807) is 23.1 Å². The van der Waals surface area contributed by atoms with Crippen LogP contribution in [0.4, 0.5) is 0 Å². The fourth-order valence-electron chi connectivity index (χ4n) is 5.06. The average molecular weight is 628 g/mol. The van der Waals surface area contributed by atoms with E-state index in [0.717, 1.165) is 32.2 Å². The molecule has 3 heterocycles. The number of amides is 2. The second-order valence-electron chi connectivity index (χ2n) is 10.1. The van der Waals surface area contributed by atoms with Crippen LogP contribution >= 0.6 is 34.9 Å². The number of fused-ring (bicyclic) bond motifs is 1. The van der Waals surface area contributed by atoms with Gasteiger partial charge in [0.05, 0.1) is 17.6 Å². The van der Waals surface area contributed by atoms with E-state index in [4.69, 9.17) is 4.74 Å². The Kier molecular flexibility index (Phi) is 8.97. The van der Waals surface area contributed by atoms with Gasteiger partial charge in [0.1, 0.15) is 17.1 Å². The Morgan fingerprint density at radius 3 is 2.23 bits per heavy atom. The molecule has 6 rings (SSSR count). The summed E-state index contributed by atoms with van der Waals surface area (Å²) in [5.41, 5.74) is 5.56. The van der Waals surface area contributed by atoms with Gasteiger partial charge in [0.2, 0.25) is 5.91 Å². The molecule has 43 heavy (non-hydrogen) atoms. The van der Waals surface area contributed by atoms with Crippen LogP contribution < -0.4 is 5.32 Å². The number of esters is 1. The molecule has 0 aliphatic carbocycles. The van der Waals surface area contributed by atoms with Gasteiger partial charge in [0, 0.05) is 21.3 Å². The molecule has 2 aliphatic rings. The number of carbonyl (C=O) groups excluding carboxylic acids is 3. The number of β-lactam (4-membered cyclic amide) rings is 1. The van der Waals surface area contributed by atoms with Gasteiger partial charge in [-0.25, -0.2) is 9.78 Å². The summed E-state index contributed by atoms with van der Waals surface area (Å²) in [7, 11) is 0. The third-order valence-electron chi connectivity index (χ3n) is 7.30. The molecule has 0 spiro atoms. The first-order valence-corrected chi connectivity index (χ1v) is 16.7. The van der Waals surface area contributed by atoms with Crippen LogP contribution in [-0.4, -0.2) is 44.8 Å². The highest BCUT2D eigenvalue weighted by Crippen LogP contribution is 2.45. The maximum atomic E-state index is 14.1. The molecule has 1 unspecified atom stereocenters. The lowest BCUT2D eigenvalue weighted by atomic mass is 10.0. The first kappa shape index (κ1) is 29.2. The van der Waals surface area contributed by atoms with Crippen LogP contribution in [0.25, 0.3) is 0 Å². The van der Waals surface area contributed by atoms with Crippen LogP contribution in [0.2, 0.25) is 0 Å². The Morgan fingerprint density at radius 2 is 1.63 bits per heavy atom. The number of ether oxygens (including phenoxy) is 1. The molecule has 218 valence electrons. The first-order valence-electron chi connectivity index (χ1n) is 13.8. The Hall–Kier alpha value is -3.86. The van der Waals surface area contributed by atoms with E-state index in [9.17, 15) is 14.4 Å². The number of nitrogens with zero attached hydrogens (tertiary/aromatic N) is 2. The van der Waals surface area contributed by atoms with Crippen LogP contribution in [0.3, 0.4) is 0 Å². The van der Waals surface area contributed by atoms with Crippen molar-refractivity contribution in [1.29, 1.82) is 0 Å². The summed E-state index contributed by atoms with van der Waals surface area (Å²) in [5, 5.41) is 2.51. The summed E-state index contributed by atoms with van der Waals surface area (Å²) in [6.45, 7) is 1.97. The maximum absolute atomic E-state index is 14.1. The van der Waals surface area contributed by atoms with Crippen molar-refractivity contribution in [1.82, 2.24) is 15.2 Å². The zero-order chi connectivity index (χ0) is 29.8. The Labute approximate surface area is 262 Å². The van der Waals surface area contributed by atoms with E-state index >= 15 is 0 Å². The monoisotopic (exact) mass is 627 g/mol. The van der Waals surface area contributed by atoms with Crippen molar-refractivity contribution in [3.8, 4) is 0 Å². The standard InChI is InChI=1S/C33H29N3O4S3/c1-21-25(43-20-34-21)18-41-26-19-42-32-28(35-27(37)17-22-11-5-2-6-12-22)31(38)36(32)29(26)33(39)40-30(23-13-7-3-8-14-23)24-15-9-4-10-16-24/h2-16,20,28,30,32H,17-19H2,1H3,(H,35,37)/t28?,32-/m1/s1. The quantitative estimate of drug-likeness (QED) is 0.174. The number of rotatable bonds is 10. The molecule has 1 aromatic heterocycles. The Bertz CT molecular complexity index is 1600. The van der Waals surface area contributed by atoms with Crippen LogP contribution in [0, 0.1) is 6.92 Å². The molecular formula is C33H29N3O4S3. The molecule has 2 aliphatic heterocycles. The highest BCUT2D eigenvalue weighted by atomic mass is 32.2. The topological polar surface area (TPSA) is 88.6 Å². The van der Waals surface area contributed by atoms with Crippen LogP contribution in [0.1, 0.15) is 33.4 Å². The highest BCUT2D eigenvalue weighted by molar-refractivity contribution is 8.05. The van der Waals surface area contributed by atoms with Crippen molar-refractivity contribution in [3.05, 3.63) is 134 Å². The number of aromatic nitrogens is 1. The number of nitrogens with one attached hydrogen (secondary N) is 1. The lowest BCUT2D eigenvalue weighted by molar-refractivity contribution is -0.154. The summed E-state index contributed by atoms with van der Waals surface area (Å²) in [6.07, 6.45) is -0.471. The van der Waals surface area contributed by atoms with Crippen LogP contribution in [-0.2, 0) is 31.3 Å². The number of hydrogen-bond acceptors (Lipinski definition) is 8. The predicted octanol–water partition coefficient (Wildman–Crippen LogP) is 5.87. The predicted molar refractivity (Wildman–Crippen MR) is 171 cm³/mol. The number of thiazole rings is 1. The van der Waals surface area contributed by atoms with Crippen LogP contribution in [0.5, 0.6) is 0 Å². The van der Waals surface area contributed by atoms with Crippen molar-refractivity contribution in [2.45, 2.75) is 36.6 Å². The SMILES string of the molecule is Cc1ncsc1CSC1=C(C(=O)OC(c2ccccc2)c2ccccc2)N2C(=O)C(NC(=O)Cc3ccccc3)[C@H]2SC1. The normalized spacial score (nSPS) is 17.8. The molecule has 1 saturated heterocycles. The van der Waals surface area contributed by atoms with Crippen molar-refractivity contribution in [3.63, 3.8) is 0 Å². The maximum Gasteiger partial charge on any atom is 0.356 e. The second kappa shape index (κ2) is 13.2. The fraction of sp³-hybridized carbons (Fsp3) is 0.212. The smallest absolute Gasteiger partial charge is 0.356 e. The van der Waals surface area contributed by atoms with E-state index in [-0.39, 0.29) is 23.9 Å². The van der Waals surface area contributed by atoms with E-state index in [1.165, 1.54) is 16.7 Å². The zero-order valence-corrected chi connectivity index (χ0v) is 25.8. The van der Waals surface area contributed by atoms with Gasteiger partial charge in [-0.3, -0.25) is 14.5 Å². The molecule has 4 aromatic rings. The van der Waals surface area contributed by atoms with E-state index in [1.807, 2.05) is 103 Å². The summed E-state index contributed by atoms with van der Waals surface area (Å²) in [4.78, 5) is 48.3. The number of aryl methyl sites for hydroxylation is 1. The van der Waals surface area contributed by atoms with Gasteiger partial charge in [-0.1, -0.05) is 91.0 Å². The first-order chi connectivity index (χ1) is 21.0. The fourth-order valence-corrected chi connectivity index (χ4v) is 8.64. The van der Waals surface area contributed by atoms with Crippen molar-refractivity contribution < 1.29 is 19.1 Å². The third kappa shape index (κ3) is 6.41. The lowest BCUT2D eigenvalue weighted by Crippen LogP contribution is -2.70. The second-order valence-corrected chi connectivity index (χ2v) is 13.3. The van der Waals surface area contributed by atoms with Gasteiger partial charge >= 0.3 is 5.97 Å². The molecule has 0 radical (unpaired) electrons. The van der Waals surface area contributed by atoms with Crippen molar-refractivity contribution >= 4 is 52.6 Å². The van der Waals surface area contributed by atoms with Gasteiger partial charge in [-0.05, 0) is 23.6 Å². The average Bonchev–Trinajstić information content (AvgIpc) is 3.46. The molecule has 1 N–H and O–H groups in total. The molecule has 2 amide bonds. The number of thioether (sulfide) groups is 2. The minimum absolute atomic E-state index is 0.178. The molecule has 10 heteroatoms. The molecule has 2 atom stereocenters. The van der Waals surface area contributed by atoms with Gasteiger partial charge < -0.3 is 10.1 Å².